The molecule has 8 nitrogen and oxygen atoms in total. The predicted octanol–water partition coefficient (Wildman–Crippen LogP) is 2.24. The number of hydrogen-bond acceptors (Lipinski definition) is 6. The second-order valence-electron chi connectivity index (χ2n) is 6.22. The number of nitrogens with one attached hydrogen (secondary N) is 1. The first-order chi connectivity index (χ1) is 11.8. The van der Waals surface area contributed by atoms with Crippen molar-refractivity contribution in [3.05, 3.63) is 41.7 Å². The van der Waals surface area contributed by atoms with E-state index in [1.54, 1.807) is 0 Å². The van der Waals surface area contributed by atoms with Gasteiger partial charge in [0.15, 0.2) is 5.82 Å². The van der Waals surface area contributed by atoms with Crippen LogP contribution in [0.3, 0.4) is 0 Å². The van der Waals surface area contributed by atoms with E-state index < -0.39 is 0 Å². The molecule has 3 aromatic heterocycles. The molecular formula is C16H15N7O. The van der Waals surface area contributed by atoms with Gasteiger partial charge in [0.25, 0.3) is 0 Å². The standard InChI is InChI=1S/C16H15N7O/c1-9-6-10-2-3-11(7-13(10)17-9)15-18-16(24-20-15)12-4-5-23-14(8-12)19-21-22-23/h2-3,6-7,12,17H,4-5,8H2,1H3. The zero-order chi connectivity index (χ0) is 16.1. The van der Waals surface area contributed by atoms with Gasteiger partial charge in [-0.15, -0.1) is 5.10 Å². The quantitative estimate of drug-likeness (QED) is 0.608. The predicted molar refractivity (Wildman–Crippen MR) is 85.2 cm³/mol. The first kappa shape index (κ1) is 13.4. The first-order valence-corrected chi connectivity index (χ1v) is 7.95. The van der Waals surface area contributed by atoms with Crippen LogP contribution in [0.1, 0.15) is 29.7 Å². The fourth-order valence-corrected chi connectivity index (χ4v) is 3.28. The normalized spacial score (nSPS) is 17.3. The zero-order valence-electron chi connectivity index (χ0n) is 13.1. The van der Waals surface area contributed by atoms with Crippen LogP contribution in [0.5, 0.6) is 0 Å². The second-order valence-corrected chi connectivity index (χ2v) is 6.22. The fraction of sp³-hybridized carbons (Fsp3) is 0.312. The van der Waals surface area contributed by atoms with E-state index in [2.05, 4.69) is 48.8 Å². The van der Waals surface area contributed by atoms with Crippen LogP contribution in [0.15, 0.2) is 28.8 Å². The van der Waals surface area contributed by atoms with E-state index in [-0.39, 0.29) is 5.92 Å². The monoisotopic (exact) mass is 321 g/mol. The molecule has 0 saturated heterocycles. The Kier molecular flexibility index (Phi) is 2.79. The van der Waals surface area contributed by atoms with Crippen LogP contribution in [0, 0.1) is 6.92 Å². The number of fused-ring (bicyclic) bond motifs is 2. The molecule has 1 aromatic carbocycles. The highest BCUT2D eigenvalue weighted by atomic mass is 16.5. The molecule has 0 radical (unpaired) electrons. The van der Waals surface area contributed by atoms with Gasteiger partial charge in [0.1, 0.15) is 0 Å². The lowest BCUT2D eigenvalue weighted by atomic mass is 9.98. The number of aromatic amines is 1. The Hall–Kier alpha value is -3.03. The van der Waals surface area contributed by atoms with Crippen LogP contribution in [-0.2, 0) is 13.0 Å². The van der Waals surface area contributed by atoms with Gasteiger partial charge in [-0.2, -0.15) is 4.98 Å². The van der Waals surface area contributed by atoms with Crippen molar-refractivity contribution in [2.24, 2.45) is 0 Å². The van der Waals surface area contributed by atoms with Gasteiger partial charge in [-0.25, -0.2) is 4.68 Å². The molecular weight excluding hydrogens is 306 g/mol. The first-order valence-electron chi connectivity index (χ1n) is 7.95. The van der Waals surface area contributed by atoms with Gasteiger partial charge in [-0.1, -0.05) is 17.3 Å². The topological polar surface area (TPSA) is 98.3 Å². The highest BCUT2D eigenvalue weighted by Gasteiger charge is 2.27. The molecule has 4 heterocycles. The van der Waals surface area contributed by atoms with E-state index in [4.69, 9.17) is 4.52 Å². The number of tetrazole rings is 1. The summed E-state index contributed by atoms with van der Waals surface area (Å²) < 4.78 is 7.35. The number of aryl methyl sites for hydroxylation is 2. The maximum Gasteiger partial charge on any atom is 0.230 e. The molecule has 8 heteroatoms. The van der Waals surface area contributed by atoms with Gasteiger partial charge in [-0.3, -0.25) is 0 Å². The molecule has 4 aromatic rings. The number of H-pyrrole nitrogens is 1. The molecule has 24 heavy (non-hydrogen) atoms. The molecule has 120 valence electrons. The molecule has 0 spiro atoms. The van der Waals surface area contributed by atoms with Crippen LogP contribution >= 0.6 is 0 Å². The number of rotatable bonds is 2. The van der Waals surface area contributed by atoms with Crippen LogP contribution < -0.4 is 0 Å². The lowest BCUT2D eigenvalue weighted by Crippen LogP contribution is -2.19. The average Bonchev–Trinajstić information content (AvgIpc) is 3.31. The van der Waals surface area contributed by atoms with E-state index >= 15 is 0 Å². The maximum atomic E-state index is 5.52. The van der Waals surface area contributed by atoms with Crippen molar-refractivity contribution < 1.29 is 4.52 Å². The minimum absolute atomic E-state index is 0.168. The molecule has 0 aliphatic carbocycles. The summed E-state index contributed by atoms with van der Waals surface area (Å²) in [7, 11) is 0. The third-order valence-electron chi connectivity index (χ3n) is 4.53. The SMILES string of the molecule is Cc1cc2ccc(-c3noc(C4CCn5nnnc5C4)n3)cc2[nH]1. The molecule has 0 bridgehead atoms. The van der Waals surface area contributed by atoms with Crippen molar-refractivity contribution in [1.82, 2.24) is 35.3 Å². The third-order valence-corrected chi connectivity index (χ3v) is 4.53. The number of aromatic nitrogens is 7. The van der Waals surface area contributed by atoms with Crippen molar-refractivity contribution in [3.8, 4) is 11.4 Å². The summed E-state index contributed by atoms with van der Waals surface area (Å²) in [5.74, 6) is 2.31. The van der Waals surface area contributed by atoms with Gasteiger partial charge in [0.2, 0.25) is 11.7 Å². The Labute approximate surface area is 136 Å². The summed E-state index contributed by atoms with van der Waals surface area (Å²) in [4.78, 5) is 7.94. The van der Waals surface area contributed by atoms with Gasteiger partial charge < -0.3 is 9.51 Å². The number of hydrogen-bond donors (Lipinski definition) is 1. The lowest BCUT2D eigenvalue weighted by molar-refractivity contribution is 0.317. The Morgan fingerprint density at radius 3 is 3.21 bits per heavy atom. The van der Waals surface area contributed by atoms with Gasteiger partial charge >= 0.3 is 0 Å². The molecule has 1 aliphatic heterocycles. The van der Waals surface area contributed by atoms with E-state index in [1.165, 1.54) is 5.39 Å². The van der Waals surface area contributed by atoms with Crippen molar-refractivity contribution >= 4 is 10.9 Å². The van der Waals surface area contributed by atoms with Crippen molar-refractivity contribution in [3.63, 3.8) is 0 Å². The highest BCUT2D eigenvalue weighted by Crippen LogP contribution is 2.29. The highest BCUT2D eigenvalue weighted by molar-refractivity contribution is 5.84. The largest absolute Gasteiger partial charge is 0.359 e. The molecule has 1 atom stereocenters. The summed E-state index contributed by atoms with van der Waals surface area (Å²) in [6.45, 7) is 2.82. The minimum atomic E-state index is 0.168. The van der Waals surface area contributed by atoms with Crippen molar-refractivity contribution in [2.75, 3.05) is 0 Å². The summed E-state index contributed by atoms with van der Waals surface area (Å²) in [5, 5.41) is 17.0. The van der Waals surface area contributed by atoms with Gasteiger partial charge in [-0.05, 0) is 41.3 Å². The fourth-order valence-electron chi connectivity index (χ4n) is 3.28. The molecule has 0 saturated carbocycles. The van der Waals surface area contributed by atoms with Crippen molar-refractivity contribution in [2.45, 2.75) is 32.2 Å². The van der Waals surface area contributed by atoms with Gasteiger partial charge in [0, 0.05) is 35.7 Å². The molecule has 5 rings (SSSR count). The third kappa shape index (κ3) is 2.10. The van der Waals surface area contributed by atoms with E-state index in [1.807, 2.05) is 17.7 Å². The molecule has 0 fully saturated rings. The minimum Gasteiger partial charge on any atom is -0.359 e. The Bertz CT molecular complexity index is 1030. The summed E-state index contributed by atoms with van der Waals surface area (Å²) >= 11 is 0. The average molecular weight is 321 g/mol. The molecule has 1 N–H and O–H groups in total. The smallest absolute Gasteiger partial charge is 0.230 e. The zero-order valence-corrected chi connectivity index (χ0v) is 13.1. The van der Waals surface area contributed by atoms with Crippen LogP contribution in [0.25, 0.3) is 22.3 Å². The Morgan fingerprint density at radius 2 is 2.25 bits per heavy atom. The molecule has 0 amide bonds. The summed E-state index contributed by atoms with van der Waals surface area (Å²) in [5.41, 5.74) is 3.16. The van der Waals surface area contributed by atoms with E-state index in [9.17, 15) is 0 Å². The number of nitrogens with zero attached hydrogens (tertiary/aromatic N) is 6. The van der Waals surface area contributed by atoms with Crippen LogP contribution in [0.2, 0.25) is 0 Å². The molecule has 1 unspecified atom stereocenters. The summed E-state index contributed by atoms with van der Waals surface area (Å²) in [6, 6.07) is 8.26. The Balaban J connectivity index is 1.46. The number of benzene rings is 1. The summed E-state index contributed by atoms with van der Waals surface area (Å²) in [6.07, 6.45) is 1.62. The van der Waals surface area contributed by atoms with E-state index in [0.29, 0.717) is 11.7 Å². The molecule has 1 aliphatic rings. The van der Waals surface area contributed by atoms with Crippen LogP contribution in [0.4, 0.5) is 0 Å². The van der Waals surface area contributed by atoms with Gasteiger partial charge in [0.05, 0.1) is 0 Å². The van der Waals surface area contributed by atoms with Crippen LogP contribution in [-0.4, -0.2) is 35.3 Å². The lowest BCUT2D eigenvalue weighted by Gasteiger charge is -2.17. The second kappa shape index (κ2) is 4.98. The maximum absolute atomic E-state index is 5.52. The van der Waals surface area contributed by atoms with Crippen molar-refractivity contribution in [1.29, 1.82) is 0 Å². The van der Waals surface area contributed by atoms with E-state index in [0.717, 1.165) is 42.0 Å². The Morgan fingerprint density at radius 1 is 1.29 bits per heavy atom.